The summed E-state index contributed by atoms with van der Waals surface area (Å²) in [5.41, 5.74) is 4.10. The van der Waals surface area contributed by atoms with E-state index in [1.165, 1.54) is 69.2 Å². The Hall–Kier alpha value is -2.17. The van der Waals surface area contributed by atoms with Crippen LogP contribution in [0, 0.1) is 28.5 Å². The number of aromatic nitrogens is 2. The Labute approximate surface area is 209 Å². The van der Waals surface area contributed by atoms with Gasteiger partial charge in [-0.1, -0.05) is 40.0 Å². The Balaban J connectivity index is 1.39. The van der Waals surface area contributed by atoms with Crippen molar-refractivity contribution >= 4 is 5.91 Å². The zero-order valence-corrected chi connectivity index (χ0v) is 21.6. The van der Waals surface area contributed by atoms with E-state index in [1.807, 2.05) is 4.68 Å². The lowest BCUT2D eigenvalue weighted by atomic mass is 9.68. The molecule has 1 aromatic heterocycles. The van der Waals surface area contributed by atoms with Crippen LogP contribution in [-0.4, -0.2) is 21.7 Å². The lowest BCUT2D eigenvalue weighted by Crippen LogP contribution is -2.52. The van der Waals surface area contributed by atoms with E-state index in [1.54, 1.807) is 12.1 Å². The molecule has 4 nitrogen and oxygen atoms in total. The first-order valence-electron chi connectivity index (χ1n) is 14.0. The second-order valence-corrected chi connectivity index (χ2v) is 12.8. The first-order chi connectivity index (χ1) is 16.8. The Morgan fingerprint density at radius 1 is 1.03 bits per heavy atom. The number of carbonyl (C=O) groups is 1. The van der Waals surface area contributed by atoms with Gasteiger partial charge in [-0.25, -0.2) is 9.07 Å². The molecular formula is C30H40FN3O. The molecule has 0 radical (unpaired) electrons. The molecule has 1 N–H and O–H groups in total. The molecule has 3 fully saturated rings. The van der Waals surface area contributed by atoms with E-state index in [4.69, 9.17) is 5.10 Å². The Bertz CT molecular complexity index is 1110. The van der Waals surface area contributed by atoms with Gasteiger partial charge < -0.3 is 5.32 Å². The van der Waals surface area contributed by atoms with Gasteiger partial charge in [0.15, 0.2) is 5.69 Å². The molecule has 1 heterocycles. The highest BCUT2D eigenvalue weighted by Crippen LogP contribution is 2.62. The summed E-state index contributed by atoms with van der Waals surface area (Å²) in [6.45, 7) is 7.02. The Morgan fingerprint density at radius 3 is 2.46 bits per heavy atom. The maximum atomic E-state index is 13.9. The van der Waals surface area contributed by atoms with Crippen molar-refractivity contribution < 1.29 is 9.18 Å². The second kappa shape index (κ2) is 8.45. The number of carbonyl (C=O) groups excluding carboxylic acids is 1. The summed E-state index contributed by atoms with van der Waals surface area (Å²) in [5.74, 6) is 1.49. The third kappa shape index (κ3) is 3.76. The summed E-state index contributed by atoms with van der Waals surface area (Å²) < 4.78 is 15.8. The molecule has 2 aromatic rings. The summed E-state index contributed by atoms with van der Waals surface area (Å²) in [6.07, 6.45) is 13.3. The third-order valence-electron chi connectivity index (χ3n) is 10.4. The van der Waals surface area contributed by atoms with Gasteiger partial charge in [0.2, 0.25) is 0 Å². The van der Waals surface area contributed by atoms with Crippen LogP contribution in [0.3, 0.4) is 0 Å². The predicted molar refractivity (Wildman–Crippen MR) is 136 cm³/mol. The minimum atomic E-state index is -0.247. The van der Waals surface area contributed by atoms with Crippen LogP contribution in [0.1, 0.15) is 113 Å². The van der Waals surface area contributed by atoms with Gasteiger partial charge in [-0.3, -0.25) is 4.79 Å². The van der Waals surface area contributed by atoms with Crippen molar-refractivity contribution in [1.29, 1.82) is 0 Å². The van der Waals surface area contributed by atoms with Gasteiger partial charge in [0.05, 0.1) is 11.4 Å². The number of hydrogen-bond acceptors (Lipinski definition) is 2. The normalized spacial score (nSPS) is 31.9. The monoisotopic (exact) mass is 477 g/mol. The van der Waals surface area contributed by atoms with E-state index in [2.05, 4.69) is 26.1 Å². The van der Waals surface area contributed by atoms with Gasteiger partial charge in [0, 0.05) is 17.5 Å². The van der Waals surface area contributed by atoms with Gasteiger partial charge in [-0.2, -0.15) is 5.10 Å². The van der Waals surface area contributed by atoms with Crippen molar-refractivity contribution in [3.8, 4) is 5.69 Å². The number of rotatable bonds is 4. The molecule has 6 rings (SSSR count). The number of benzene rings is 1. The lowest BCUT2D eigenvalue weighted by molar-refractivity contribution is 0.0732. The topological polar surface area (TPSA) is 46.9 Å². The van der Waals surface area contributed by atoms with Gasteiger partial charge in [-0.05, 0) is 98.3 Å². The number of hydrogen-bond donors (Lipinski definition) is 1. The lowest BCUT2D eigenvalue weighted by Gasteiger charge is -2.43. The molecule has 0 saturated heterocycles. The first-order valence-corrected chi connectivity index (χ1v) is 14.0. The molecule has 0 aliphatic heterocycles. The zero-order valence-electron chi connectivity index (χ0n) is 21.6. The van der Waals surface area contributed by atoms with E-state index >= 15 is 0 Å². The van der Waals surface area contributed by atoms with Crippen LogP contribution in [0.25, 0.3) is 5.69 Å². The van der Waals surface area contributed by atoms with Crippen LogP contribution < -0.4 is 5.32 Å². The quantitative estimate of drug-likeness (QED) is 0.518. The van der Waals surface area contributed by atoms with E-state index in [-0.39, 0.29) is 28.6 Å². The van der Waals surface area contributed by atoms with Crippen molar-refractivity contribution in [1.82, 2.24) is 15.1 Å². The van der Waals surface area contributed by atoms with Crippen molar-refractivity contribution in [2.45, 2.75) is 103 Å². The molecule has 3 saturated carbocycles. The second-order valence-electron chi connectivity index (χ2n) is 12.8. The predicted octanol–water partition coefficient (Wildman–Crippen LogP) is 6.96. The van der Waals surface area contributed by atoms with E-state index in [0.717, 1.165) is 30.5 Å². The Morgan fingerprint density at radius 2 is 1.77 bits per heavy atom. The molecule has 35 heavy (non-hydrogen) atoms. The summed E-state index contributed by atoms with van der Waals surface area (Å²) in [7, 11) is 0. The molecule has 2 bridgehead atoms. The van der Waals surface area contributed by atoms with Gasteiger partial charge in [-0.15, -0.1) is 0 Å². The van der Waals surface area contributed by atoms with Crippen LogP contribution in [0.2, 0.25) is 0 Å². The molecule has 4 unspecified atom stereocenters. The highest BCUT2D eigenvalue weighted by atomic mass is 19.1. The van der Waals surface area contributed by atoms with Crippen molar-refractivity contribution in [3.05, 3.63) is 47.0 Å². The average Bonchev–Trinajstić information content (AvgIpc) is 3.50. The molecule has 4 aliphatic rings. The molecular weight excluding hydrogens is 437 g/mol. The molecule has 188 valence electrons. The molecule has 1 aromatic carbocycles. The van der Waals surface area contributed by atoms with Crippen LogP contribution in [0.15, 0.2) is 24.3 Å². The standard InChI is InChI=1S/C30H40FN3O/c1-29(2)20-16-17-30(3,18-20)28(29)32-27(35)25-24-11-7-10-23(19-8-5-4-6-9-19)26(24)34(33-25)22-14-12-21(31)13-15-22/h12-15,19-20,23,28H,4-11,16-18H2,1-3H3,(H,32,35). The van der Waals surface area contributed by atoms with Crippen molar-refractivity contribution in [2.24, 2.45) is 22.7 Å². The minimum Gasteiger partial charge on any atom is -0.347 e. The highest BCUT2D eigenvalue weighted by Gasteiger charge is 2.60. The summed E-state index contributed by atoms with van der Waals surface area (Å²) >= 11 is 0. The van der Waals surface area contributed by atoms with Gasteiger partial charge in [0.1, 0.15) is 5.82 Å². The maximum absolute atomic E-state index is 13.9. The smallest absolute Gasteiger partial charge is 0.272 e. The number of fused-ring (bicyclic) bond motifs is 3. The van der Waals surface area contributed by atoms with Crippen LogP contribution in [-0.2, 0) is 6.42 Å². The van der Waals surface area contributed by atoms with E-state index in [0.29, 0.717) is 23.4 Å². The third-order valence-corrected chi connectivity index (χ3v) is 10.4. The van der Waals surface area contributed by atoms with Crippen molar-refractivity contribution in [3.63, 3.8) is 0 Å². The molecule has 4 aliphatic carbocycles. The molecule has 5 heteroatoms. The maximum Gasteiger partial charge on any atom is 0.272 e. The molecule has 0 spiro atoms. The average molecular weight is 478 g/mol. The van der Waals surface area contributed by atoms with Gasteiger partial charge >= 0.3 is 0 Å². The van der Waals surface area contributed by atoms with Gasteiger partial charge in [0.25, 0.3) is 5.91 Å². The number of nitrogens with one attached hydrogen (secondary N) is 1. The summed E-state index contributed by atoms with van der Waals surface area (Å²) in [4.78, 5) is 13.9. The fourth-order valence-electron chi connectivity index (χ4n) is 8.54. The van der Waals surface area contributed by atoms with Crippen LogP contribution in [0.4, 0.5) is 4.39 Å². The number of halogens is 1. The fraction of sp³-hybridized carbons (Fsp3) is 0.667. The number of nitrogens with zero attached hydrogens (tertiary/aromatic N) is 2. The van der Waals surface area contributed by atoms with Crippen LogP contribution in [0.5, 0.6) is 0 Å². The summed E-state index contributed by atoms with van der Waals surface area (Å²) in [5, 5.41) is 8.49. The minimum absolute atomic E-state index is 0.0155. The van der Waals surface area contributed by atoms with E-state index in [9.17, 15) is 9.18 Å². The highest BCUT2D eigenvalue weighted by molar-refractivity contribution is 5.94. The zero-order chi connectivity index (χ0) is 24.4. The SMILES string of the molecule is CC12CCC(C1)C(C)(C)C2NC(=O)c1nn(-c2ccc(F)cc2)c2c1CCCC2C1CCCCC1. The van der Waals surface area contributed by atoms with Crippen molar-refractivity contribution in [2.75, 3.05) is 0 Å². The summed E-state index contributed by atoms with van der Waals surface area (Å²) in [6, 6.07) is 6.78. The van der Waals surface area contributed by atoms with E-state index < -0.39 is 0 Å². The van der Waals surface area contributed by atoms with Crippen LogP contribution >= 0.6 is 0 Å². The molecule has 4 atom stereocenters. The Kier molecular flexibility index (Phi) is 5.61. The largest absolute Gasteiger partial charge is 0.347 e. The number of amides is 1. The fourth-order valence-corrected chi connectivity index (χ4v) is 8.54. The molecule has 1 amide bonds. The first kappa shape index (κ1) is 23.2.